The van der Waals surface area contributed by atoms with E-state index < -0.39 is 5.82 Å². The number of thiophene rings is 1. The van der Waals surface area contributed by atoms with Crippen LogP contribution >= 0.6 is 22.9 Å². The van der Waals surface area contributed by atoms with Gasteiger partial charge in [0.1, 0.15) is 16.8 Å². The molecule has 0 unspecified atom stereocenters. The smallest absolute Gasteiger partial charge is 0.267 e. The quantitative estimate of drug-likeness (QED) is 0.912. The molecule has 1 amide bonds. The highest BCUT2D eigenvalue weighted by molar-refractivity contribution is 7.12. The Labute approximate surface area is 111 Å². The molecule has 0 radical (unpaired) electrons. The Kier molecular flexibility index (Phi) is 3.60. The summed E-state index contributed by atoms with van der Waals surface area (Å²) in [6.07, 6.45) is 0. The minimum absolute atomic E-state index is 0.120. The first-order chi connectivity index (χ1) is 8.61. The van der Waals surface area contributed by atoms with Gasteiger partial charge in [0.25, 0.3) is 5.91 Å². The maximum atomic E-state index is 13.1. The molecule has 2 aromatic rings. The average Bonchev–Trinajstić information content (AvgIpc) is 2.78. The van der Waals surface area contributed by atoms with E-state index in [9.17, 15) is 9.18 Å². The number of hydrogen-bond donors (Lipinski definition) is 1. The maximum Gasteiger partial charge on any atom is 0.267 e. The summed E-state index contributed by atoms with van der Waals surface area (Å²) < 4.78 is 13.1. The zero-order chi connectivity index (χ0) is 13.1. The van der Waals surface area contributed by atoms with Crippen LogP contribution in [0.25, 0.3) is 0 Å². The molecule has 0 spiro atoms. The van der Waals surface area contributed by atoms with E-state index >= 15 is 0 Å². The molecule has 1 heterocycles. The number of rotatable bonds is 2. The first kappa shape index (κ1) is 12.6. The van der Waals surface area contributed by atoms with E-state index in [4.69, 9.17) is 16.9 Å². The zero-order valence-corrected chi connectivity index (χ0v) is 10.5. The SMILES string of the molecule is N#Cc1cc(NC(=O)c2sccc2Cl)ccc1F. The van der Waals surface area contributed by atoms with Gasteiger partial charge in [-0.2, -0.15) is 5.26 Å². The van der Waals surface area contributed by atoms with Crippen molar-refractivity contribution in [3.05, 3.63) is 50.9 Å². The van der Waals surface area contributed by atoms with Crippen LogP contribution in [-0.4, -0.2) is 5.91 Å². The van der Waals surface area contributed by atoms with Crippen LogP contribution in [0.1, 0.15) is 15.2 Å². The molecule has 1 N–H and O–H groups in total. The molecule has 1 aromatic heterocycles. The second-order valence-electron chi connectivity index (χ2n) is 3.36. The summed E-state index contributed by atoms with van der Waals surface area (Å²) in [5.74, 6) is -1.00. The Hall–Kier alpha value is -1.90. The van der Waals surface area contributed by atoms with Crippen LogP contribution in [0.3, 0.4) is 0 Å². The molecule has 1 aromatic carbocycles. The summed E-state index contributed by atoms with van der Waals surface area (Å²) in [6.45, 7) is 0. The topological polar surface area (TPSA) is 52.9 Å². The number of hydrogen-bond acceptors (Lipinski definition) is 3. The van der Waals surface area contributed by atoms with Crippen LogP contribution < -0.4 is 5.32 Å². The number of carbonyl (C=O) groups excluding carboxylic acids is 1. The van der Waals surface area contributed by atoms with E-state index in [1.807, 2.05) is 0 Å². The fourth-order valence-corrected chi connectivity index (χ4v) is 2.37. The molecule has 0 fully saturated rings. The molecule has 18 heavy (non-hydrogen) atoms. The molecule has 0 bridgehead atoms. The summed E-state index contributed by atoms with van der Waals surface area (Å²) >= 11 is 7.03. The molecule has 0 atom stereocenters. The molecule has 0 aliphatic rings. The molecular weight excluding hydrogens is 275 g/mol. The lowest BCUT2D eigenvalue weighted by molar-refractivity contribution is 0.103. The van der Waals surface area contributed by atoms with Crippen LogP contribution in [0, 0.1) is 17.1 Å². The minimum atomic E-state index is -0.621. The molecule has 0 saturated carbocycles. The van der Waals surface area contributed by atoms with Crippen molar-refractivity contribution in [3.8, 4) is 6.07 Å². The van der Waals surface area contributed by atoms with Gasteiger partial charge < -0.3 is 5.32 Å². The van der Waals surface area contributed by atoms with Crippen molar-refractivity contribution >= 4 is 34.5 Å². The summed E-state index contributed by atoms with van der Waals surface area (Å²) in [7, 11) is 0. The summed E-state index contributed by atoms with van der Waals surface area (Å²) in [6, 6.07) is 7.11. The van der Waals surface area contributed by atoms with Crippen LogP contribution in [0.15, 0.2) is 29.6 Å². The second-order valence-corrected chi connectivity index (χ2v) is 4.68. The van der Waals surface area contributed by atoms with Gasteiger partial charge in [0, 0.05) is 5.69 Å². The van der Waals surface area contributed by atoms with Crippen molar-refractivity contribution in [2.24, 2.45) is 0 Å². The number of benzene rings is 1. The standard InChI is InChI=1S/C12H6ClFN2OS/c13-9-3-4-18-11(9)12(17)16-8-1-2-10(14)7(5-8)6-15/h1-5H,(H,16,17). The monoisotopic (exact) mass is 280 g/mol. The third-order valence-corrected chi connectivity index (χ3v) is 3.51. The Bertz CT molecular complexity index is 648. The fraction of sp³-hybridized carbons (Fsp3) is 0. The van der Waals surface area contributed by atoms with Crippen LogP contribution in [0.2, 0.25) is 5.02 Å². The summed E-state index contributed by atoms with van der Waals surface area (Å²) in [4.78, 5) is 12.2. The van der Waals surface area contributed by atoms with E-state index in [-0.39, 0.29) is 11.5 Å². The highest BCUT2D eigenvalue weighted by atomic mass is 35.5. The van der Waals surface area contributed by atoms with Gasteiger partial charge in [-0.05, 0) is 29.6 Å². The third-order valence-electron chi connectivity index (χ3n) is 2.17. The molecule has 3 nitrogen and oxygen atoms in total. The normalized spacial score (nSPS) is 9.83. The van der Waals surface area contributed by atoms with Gasteiger partial charge in [0.2, 0.25) is 0 Å². The van der Waals surface area contributed by atoms with Crippen molar-refractivity contribution in [1.82, 2.24) is 0 Å². The molecular formula is C12H6ClFN2OS. The number of halogens is 2. The Morgan fingerprint density at radius 3 is 2.83 bits per heavy atom. The number of anilines is 1. The largest absolute Gasteiger partial charge is 0.321 e. The van der Waals surface area contributed by atoms with Crippen molar-refractivity contribution in [2.45, 2.75) is 0 Å². The molecule has 0 aliphatic heterocycles. The number of nitriles is 1. The fourth-order valence-electron chi connectivity index (χ4n) is 1.33. The van der Waals surface area contributed by atoms with Crippen molar-refractivity contribution in [3.63, 3.8) is 0 Å². The Morgan fingerprint density at radius 1 is 1.44 bits per heavy atom. The van der Waals surface area contributed by atoms with Gasteiger partial charge in [-0.25, -0.2) is 4.39 Å². The third kappa shape index (κ3) is 2.50. The molecule has 90 valence electrons. The Balaban J connectivity index is 2.23. The summed E-state index contributed by atoms with van der Waals surface area (Å²) in [5, 5.41) is 13.3. The zero-order valence-electron chi connectivity index (χ0n) is 8.91. The molecule has 2 rings (SSSR count). The lowest BCUT2D eigenvalue weighted by Gasteiger charge is -2.04. The highest BCUT2D eigenvalue weighted by Crippen LogP contribution is 2.23. The lowest BCUT2D eigenvalue weighted by Crippen LogP contribution is -2.10. The predicted octanol–water partition coefficient (Wildman–Crippen LogP) is 3.66. The molecule has 0 saturated heterocycles. The predicted molar refractivity (Wildman–Crippen MR) is 68.4 cm³/mol. The van der Waals surface area contributed by atoms with Crippen LogP contribution in [0.4, 0.5) is 10.1 Å². The lowest BCUT2D eigenvalue weighted by atomic mass is 10.2. The summed E-state index contributed by atoms with van der Waals surface area (Å²) in [5.41, 5.74) is 0.229. The minimum Gasteiger partial charge on any atom is -0.321 e. The highest BCUT2D eigenvalue weighted by Gasteiger charge is 2.12. The van der Waals surface area contributed by atoms with E-state index in [1.165, 1.54) is 23.5 Å². The van der Waals surface area contributed by atoms with Gasteiger partial charge >= 0.3 is 0 Å². The average molecular weight is 281 g/mol. The van der Waals surface area contributed by atoms with Crippen molar-refractivity contribution in [1.29, 1.82) is 5.26 Å². The number of nitrogens with one attached hydrogen (secondary N) is 1. The maximum absolute atomic E-state index is 13.1. The van der Waals surface area contributed by atoms with Gasteiger partial charge in [-0.3, -0.25) is 4.79 Å². The number of carbonyl (C=O) groups is 1. The van der Waals surface area contributed by atoms with E-state index in [0.717, 1.165) is 6.07 Å². The van der Waals surface area contributed by atoms with E-state index in [0.29, 0.717) is 15.6 Å². The van der Waals surface area contributed by atoms with Gasteiger partial charge in [-0.15, -0.1) is 11.3 Å². The van der Waals surface area contributed by atoms with Gasteiger partial charge in [0.15, 0.2) is 0 Å². The number of nitrogens with zero attached hydrogens (tertiary/aromatic N) is 1. The van der Waals surface area contributed by atoms with Gasteiger partial charge in [-0.1, -0.05) is 11.6 Å². The second kappa shape index (κ2) is 5.17. The van der Waals surface area contributed by atoms with Crippen molar-refractivity contribution in [2.75, 3.05) is 5.32 Å². The van der Waals surface area contributed by atoms with Crippen molar-refractivity contribution < 1.29 is 9.18 Å². The molecule has 6 heteroatoms. The number of amides is 1. The van der Waals surface area contributed by atoms with E-state index in [2.05, 4.69) is 5.32 Å². The van der Waals surface area contributed by atoms with Crippen LogP contribution in [0.5, 0.6) is 0 Å². The van der Waals surface area contributed by atoms with E-state index in [1.54, 1.807) is 17.5 Å². The molecule has 0 aliphatic carbocycles. The first-order valence-electron chi connectivity index (χ1n) is 4.86. The first-order valence-corrected chi connectivity index (χ1v) is 6.11. The van der Waals surface area contributed by atoms with Crippen LogP contribution in [-0.2, 0) is 0 Å². The Morgan fingerprint density at radius 2 is 2.22 bits per heavy atom. The van der Waals surface area contributed by atoms with Gasteiger partial charge in [0.05, 0.1) is 10.6 Å².